The fourth-order valence-electron chi connectivity index (χ4n) is 2.13. The van der Waals surface area contributed by atoms with E-state index in [1.165, 1.54) is 19.3 Å². The first-order valence-corrected chi connectivity index (χ1v) is 6.25. The summed E-state index contributed by atoms with van der Waals surface area (Å²) < 4.78 is 0. The second-order valence-corrected chi connectivity index (χ2v) is 4.99. The molecule has 1 heterocycles. The van der Waals surface area contributed by atoms with Gasteiger partial charge in [0.05, 0.1) is 6.54 Å². The van der Waals surface area contributed by atoms with Crippen molar-refractivity contribution in [3.63, 3.8) is 0 Å². The van der Waals surface area contributed by atoms with Gasteiger partial charge in [-0.3, -0.25) is 4.79 Å². The molecule has 0 radical (unpaired) electrons. The van der Waals surface area contributed by atoms with Gasteiger partial charge < -0.3 is 15.1 Å². The van der Waals surface area contributed by atoms with Crippen molar-refractivity contribution in [3.8, 4) is 0 Å². The van der Waals surface area contributed by atoms with E-state index in [-0.39, 0.29) is 5.91 Å². The second kappa shape index (κ2) is 6.86. The van der Waals surface area contributed by atoms with Gasteiger partial charge in [0, 0.05) is 25.7 Å². The van der Waals surface area contributed by atoms with E-state index >= 15 is 0 Å². The summed E-state index contributed by atoms with van der Waals surface area (Å²) in [4.78, 5) is 16.0. The molecule has 1 aliphatic rings. The number of piperidine rings is 1. The lowest BCUT2D eigenvalue weighted by atomic mass is 10.1. The van der Waals surface area contributed by atoms with Crippen molar-refractivity contribution in [1.29, 1.82) is 0 Å². The zero-order valence-corrected chi connectivity index (χ0v) is 10.8. The standard InChI is InChI=1S/C12H25N3O/c1-11(10-14(2)3)13-9-12(16)15-7-5-4-6-8-15/h11,13H,4-10H2,1-3H3. The number of carbonyl (C=O) groups is 1. The summed E-state index contributed by atoms with van der Waals surface area (Å²) in [5, 5.41) is 3.28. The molecule has 1 rings (SSSR count). The Balaban J connectivity index is 2.18. The highest BCUT2D eigenvalue weighted by molar-refractivity contribution is 5.78. The molecule has 0 aromatic heterocycles. The summed E-state index contributed by atoms with van der Waals surface area (Å²) in [5.74, 6) is 0.255. The first-order chi connectivity index (χ1) is 7.59. The molecule has 0 spiro atoms. The maximum absolute atomic E-state index is 11.8. The minimum atomic E-state index is 0.255. The van der Waals surface area contributed by atoms with Gasteiger partial charge in [-0.15, -0.1) is 0 Å². The van der Waals surface area contributed by atoms with Crippen molar-refractivity contribution >= 4 is 5.91 Å². The highest BCUT2D eigenvalue weighted by Crippen LogP contribution is 2.08. The Kier molecular flexibility index (Phi) is 5.77. The Labute approximate surface area is 99.0 Å². The van der Waals surface area contributed by atoms with Gasteiger partial charge in [-0.25, -0.2) is 0 Å². The van der Waals surface area contributed by atoms with Crippen LogP contribution in [0, 0.1) is 0 Å². The Hall–Kier alpha value is -0.610. The summed E-state index contributed by atoms with van der Waals surface area (Å²) in [7, 11) is 4.09. The van der Waals surface area contributed by atoms with Crippen LogP contribution in [0.15, 0.2) is 0 Å². The molecule has 94 valence electrons. The van der Waals surface area contributed by atoms with Crippen LogP contribution in [0.25, 0.3) is 0 Å². The second-order valence-electron chi connectivity index (χ2n) is 4.99. The number of hydrogen-bond donors (Lipinski definition) is 1. The molecule has 1 saturated heterocycles. The van der Waals surface area contributed by atoms with Crippen molar-refractivity contribution in [2.45, 2.75) is 32.2 Å². The molecule has 4 heteroatoms. The highest BCUT2D eigenvalue weighted by Gasteiger charge is 2.16. The van der Waals surface area contributed by atoms with Crippen molar-refractivity contribution in [3.05, 3.63) is 0 Å². The summed E-state index contributed by atoms with van der Waals surface area (Å²) in [6, 6.07) is 0.365. The highest BCUT2D eigenvalue weighted by atomic mass is 16.2. The van der Waals surface area contributed by atoms with Crippen molar-refractivity contribution in [2.75, 3.05) is 40.3 Å². The average molecular weight is 227 g/mol. The number of rotatable bonds is 5. The van der Waals surface area contributed by atoms with E-state index < -0.39 is 0 Å². The molecule has 1 unspecified atom stereocenters. The lowest BCUT2D eigenvalue weighted by molar-refractivity contribution is -0.131. The van der Waals surface area contributed by atoms with Gasteiger partial charge in [0.15, 0.2) is 0 Å². The fraction of sp³-hybridized carbons (Fsp3) is 0.917. The molecular weight excluding hydrogens is 202 g/mol. The van der Waals surface area contributed by atoms with Gasteiger partial charge in [-0.1, -0.05) is 0 Å². The van der Waals surface area contributed by atoms with E-state index in [4.69, 9.17) is 0 Å². The van der Waals surface area contributed by atoms with Crippen LogP contribution in [0.1, 0.15) is 26.2 Å². The number of hydrogen-bond acceptors (Lipinski definition) is 3. The molecule has 4 nitrogen and oxygen atoms in total. The van der Waals surface area contributed by atoms with Crippen LogP contribution in [0.3, 0.4) is 0 Å². The monoisotopic (exact) mass is 227 g/mol. The Bertz CT molecular complexity index is 212. The van der Waals surface area contributed by atoms with Crippen LogP contribution in [0.4, 0.5) is 0 Å². The zero-order chi connectivity index (χ0) is 12.0. The van der Waals surface area contributed by atoms with Gasteiger partial charge in [0.2, 0.25) is 5.91 Å². The maximum atomic E-state index is 11.8. The molecule has 0 aromatic carbocycles. The number of carbonyl (C=O) groups excluding carboxylic acids is 1. The molecule has 1 fully saturated rings. The van der Waals surface area contributed by atoms with E-state index in [0.717, 1.165) is 19.6 Å². The average Bonchev–Trinajstić information content (AvgIpc) is 2.26. The quantitative estimate of drug-likeness (QED) is 0.744. The van der Waals surface area contributed by atoms with Crippen LogP contribution in [-0.4, -0.2) is 62.0 Å². The summed E-state index contributed by atoms with van der Waals surface area (Å²) in [6.45, 7) is 5.46. The van der Waals surface area contributed by atoms with Gasteiger partial charge in [0.1, 0.15) is 0 Å². The first kappa shape index (κ1) is 13.5. The minimum Gasteiger partial charge on any atom is -0.342 e. The van der Waals surface area contributed by atoms with Crippen molar-refractivity contribution in [2.24, 2.45) is 0 Å². The van der Waals surface area contributed by atoms with Crippen LogP contribution in [-0.2, 0) is 4.79 Å². The zero-order valence-electron chi connectivity index (χ0n) is 10.8. The summed E-state index contributed by atoms with van der Waals surface area (Å²) in [6.07, 6.45) is 3.60. The SMILES string of the molecule is CC(CN(C)C)NCC(=O)N1CCCCC1. The molecular formula is C12H25N3O. The lowest BCUT2D eigenvalue weighted by Gasteiger charge is -2.27. The Morgan fingerprint density at radius 3 is 2.50 bits per heavy atom. The maximum Gasteiger partial charge on any atom is 0.236 e. The van der Waals surface area contributed by atoms with Gasteiger partial charge in [0.25, 0.3) is 0 Å². The van der Waals surface area contributed by atoms with Gasteiger partial charge in [-0.05, 0) is 40.3 Å². The van der Waals surface area contributed by atoms with Gasteiger partial charge >= 0.3 is 0 Å². The van der Waals surface area contributed by atoms with E-state index in [1.807, 2.05) is 19.0 Å². The Morgan fingerprint density at radius 2 is 1.94 bits per heavy atom. The molecule has 0 bridgehead atoms. The van der Waals surface area contributed by atoms with E-state index in [1.54, 1.807) is 0 Å². The predicted molar refractivity (Wildman–Crippen MR) is 66.4 cm³/mol. The van der Waals surface area contributed by atoms with Crippen LogP contribution >= 0.6 is 0 Å². The summed E-state index contributed by atoms with van der Waals surface area (Å²) in [5.41, 5.74) is 0. The number of nitrogens with zero attached hydrogens (tertiary/aromatic N) is 2. The molecule has 16 heavy (non-hydrogen) atoms. The normalized spacial score (nSPS) is 18.9. The van der Waals surface area contributed by atoms with Crippen LogP contribution in [0.5, 0.6) is 0 Å². The molecule has 0 aromatic rings. The topological polar surface area (TPSA) is 35.6 Å². The Morgan fingerprint density at radius 1 is 1.31 bits per heavy atom. The van der Waals surface area contributed by atoms with Crippen LogP contribution < -0.4 is 5.32 Å². The predicted octanol–water partition coefficient (Wildman–Crippen LogP) is 0.539. The number of amides is 1. The number of likely N-dealkylation sites (tertiary alicyclic amines) is 1. The first-order valence-electron chi connectivity index (χ1n) is 6.25. The van der Waals surface area contributed by atoms with E-state index in [2.05, 4.69) is 17.1 Å². The molecule has 1 aliphatic heterocycles. The van der Waals surface area contributed by atoms with Crippen molar-refractivity contribution < 1.29 is 4.79 Å². The van der Waals surface area contributed by atoms with Crippen molar-refractivity contribution in [1.82, 2.24) is 15.1 Å². The molecule has 1 atom stereocenters. The largest absolute Gasteiger partial charge is 0.342 e. The molecule has 1 N–H and O–H groups in total. The smallest absolute Gasteiger partial charge is 0.236 e. The molecule has 0 saturated carbocycles. The third-order valence-electron chi connectivity index (χ3n) is 2.95. The third-order valence-corrected chi connectivity index (χ3v) is 2.95. The fourth-order valence-corrected chi connectivity index (χ4v) is 2.13. The lowest BCUT2D eigenvalue weighted by Crippen LogP contribution is -2.45. The van der Waals surface area contributed by atoms with Gasteiger partial charge in [-0.2, -0.15) is 0 Å². The van der Waals surface area contributed by atoms with E-state index in [0.29, 0.717) is 12.6 Å². The third kappa shape index (κ3) is 4.94. The molecule has 0 aliphatic carbocycles. The number of nitrogens with one attached hydrogen (secondary N) is 1. The van der Waals surface area contributed by atoms with E-state index in [9.17, 15) is 4.79 Å². The minimum absolute atomic E-state index is 0.255. The van der Waals surface area contributed by atoms with Crippen LogP contribution in [0.2, 0.25) is 0 Å². The number of likely N-dealkylation sites (N-methyl/N-ethyl adjacent to an activating group) is 1. The molecule has 1 amide bonds. The summed E-state index contributed by atoms with van der Waals surface area (Å²) >= 11 is 0.